The molecule has 2 aliphatic heterocycles. The van der Waals surface area contributed by atoms with E-state index in [1.807, 2.05) is 0 Å². The van der Waals surface area contributed by atoms with Gasteiger partial charge >= 0.3 is 6.85 Å². The number of hydrogen-bond donors (Lipinski definition) is 0. The van der Waals surface area contributed by atoms with E-state index in [4.69, 9.17) is 4.98 Å². The minimum Gasteiger partial charge on any atom is -0.346 e. The Bertz CT molecular complexity index is 1440. The third-order valence-corrected chi connectivity index (χ3v) is 6.20. The first kappa shape index (κ1) is 15.2. The number of anilines is 2. The van der Waals surface area contributed by atoms with Crippen LogP contribution in [-0.4, -0.2) is 16.4 Å². The van der Waals surface area contributed by atoms with Gasteiger partial charge in [-0.25, -0.2) is 4.98 Å². The van der Waals surface area contributed by atoms with Crippen LogP contribution < -0.4 is 15.7 Å². The summed E-state index contributed by atoms with van der Waals surface area (Å²) in [7, 11) is 0. The van der Waals surface area contributed by atoms with Gasteiger partial charge in [-0.05, 0) is 40.8 Å². The van der Waals surface area contributed by atoms with Crippen molar-refractivity contribution in [3.8, 4) is 16.8 Å². The molecule has 0 radical (unpaired) electrons. The molecule has 134 valence electrons. The average Bonchev–Trinajstić information content (AvgIpc) is 3.18. The monoisotopic (exact) mass is 369 g/mol. The Labute approximate surface area is 169 Å². The van der Waals surface area contributed by atoms with E-state index < -0.39 is 0 Å². The summed E-state index contributed by atoms with van der Waals surface area (Å²) in [6.45, 7) is 0.113. The Kier molecular flexibility index (Phi) is 2.82. The lowest BCUT2D eigenvalue weighted by molar-refractivity contribution is 1.05. The Morgan fingerprint density at radius 2 is 1.24 bits per heavy atom. The highest BCUT2D eigenvalue weighted by molar-refractivity contribution is 6.91. The number of rotatable bonds is 0. The number of fused-ring (bicyclic) bond motifs is 13. The van der Waals surface area contributed by atoms with Gasteiger partial charge in [-0.2, -0.15) is 0 Å². The van der Waals surface area contributed by atoms with E-state index in [1.54, 1.807) is 0 Å². The maximum atomic E-state index is 5.10. The van der Waals surface area contributed by atoms with Crippen LogP contribution in [0.1, 0.15) is 0 Å². The van der Waals surface area contributed by atoms with Crippen molar-refractivity contribution >= 4 is 40.4 Å². The molecule has 4 aromatic carbocycles. The van der Waals surface area contributed by atoms with E-state index in [2.05, 4.69) is 106 Å². The molecule has 0 amide bonds. The zero-order valence-electron chi connectivity index (χ0n) is 15.7. The van der Waals surface area contributed by atoms with Crippen molar-refractivity contribution in [2.24, 2.45) is 0 Å². The Hall–Kier alpha value is -3.79. The molecular formula is C25H16BN3. The lowest BCUT2D eigenvalue weighted by Gasteiger charge is -2.41. The lowest BCUT2D eigenvalue weighted by Crippen LogP contribution is -2.61. The standard InChI is InChI=1S/C25H16BN3/c1-3-11-19-17(9-1)18-10-2-6-14-22(18)29-25-27-21-13-5-8-16-24(21)28(25)23-15-7-4-12-20(23)26(19)29/h1-16H. The van der Waals surface area contributed by atoms with Crippen molar-refractivity contribution in [3.05, 3.63) is 97.1 Å². The van der Waals surface area contributed by atoms with Gasteiger partial charge < -0.3 is 4.81 Å². The fraction of sp³-hybridized carbons (Fsp3) is 0. The summed E-state index contributed by atoms with van der Waals surface area (Å²) < 4.78 is 2.31. The quantitative estimate of drug-likeness (QED) is 0.380. The summed E-state index contributed by atoms with van der Waals surface area (Å²) in [6.07, 6.45) is 0. The molecule has 0 fully saturated rings. The van der Waals surface area contributed by atoms with Crippen molar-refractivity contribution in [1.82, 2.24) is 9.55 Å². The molecule has 0 atom stereocenters. The van der Waals surface area contributed by atoms with E-state index in [0.29, 0.717) is 0 Å². The van der Waals surface area contributed by atoms with Gasteiger partial charge in [0.05, 0.1) is 11.0 Å². The van der Waals surface area contributed by atoms with Crippen LogP contribution in [0.2, 0.25) is 0 Å². The van der Waals surface area contributed by atoms with E-state index in [9.17, 15) is 0 Å². The van der Waals surface area contributed by atoms with Crippen LogP contribution in [0.4, 0.5) is 11.6 Å². The molecule has 0 spiro atoms. The van der Waals surface area contributed by atoms with Crippen LogP contribution in [0, 0.1) is 0 Å². The Morgan fingerprint density at radius 3 is 2.14 bits per heavy atom. The van der Waals surface area contributed by atoms with Gasteiger partial charge in [-0.1, -0.05) is 72.8 Å². The smallest absolute Gasteiger partial charge is 0.333 e. The number of hydrogen-bond acceptors (Lipinski definition) is 2. The number of benzene rings is 4. The van der Waals surface area contributed by atoms with Crippen molar-refractivity contribution in [1.29, 1.82) is 0 Å². The fourth-order valence-electron chi connectivity index (χ4n) is 5.03. The number of nitrogens with zero attached hydrogens (tertiary/aromatic N) is 3. The summed E-state index contributed by atoms with van der Waals surface area (Å²) in [5, 5.41) is 0. The van der Waals surface area contributed by atoms with E-state index in [-0.39, 0.29) is 6.85 Å². The van der Waals surface area contributed by atoms with Gasteiger partial charge in [0.25, 0.3) is 0 Å². The molecule has 29 heavy (non-hydrogen) atoms. The summed E-state index contributed by atoms with van der Waals surface area (Å²) in [5.74, 6) is 0.983. The fourth-order valence-corrected chi connectivity index (χ4v) is 5.03. The van der Waals surface area contributed by atoms with Gasteiger partial charge in [0.1, 0.15) is 0 Å². The van der Waals surface area contributed by atoms with Crippen molar-refractivity contribution < 1.29 is 0 Å². The lowest BCUT2D eigenvalue weighted by atomic mass is 9.45. The first-order valence-electron chi connectivity index (χ1n) is 9.96. The minimum absolute atomic E-state index is 0.113. The van der Waals surface area contributed by atoms with Gasteiger partial charge in [-0.15, -0.1) is 0 Å². The molecule has 7 rings (SSSR count). The Balaban J connectivity index is 1.67. The molecule has 3 nitrogen and oxygen atoms in total. The Morgan fingerprint density at radius 1 is 0.586 bits per heavy atom. The van der Waals surface area contributed by atoms with Crippen molar-refractivity contribution in [2.75, 3.05) is 4.81 Å². The summed E-state index contributed by atoms with van der Waals surface area (Å²) in [6, 6.07) is 34.6. The van der Waals surface area contributed by atoms with Crippen LogP contribution in [0.3, 0.4) is 0 Å². The molecule has 2 aliphatic rings. The van der Waals surface area contributed by atoms with E-state index in [1.165, 1.54) is 33.4 Å². The second-order valence-electron chi connectivity index (χ2n) is 7.67. The maximum Gasteiger partial charge on any atom is 0.333 e. The highest BCUT2D eigenvalue weighted by atomic mass is 15.3. The van der Waals surface area contributed by atoms with Crippen LogP contribution in [-0.2, 0) is 0 Å². The summed E-state index contributed by atoms with van der Waals surface area (Å²) in [4.78, 5) is 7.51. The number of aromatic nitrogens is 2. The molecular weight excluding hydrogens is 353 g/mol. The minimum atomic E-state index is 0.113. The largest absolute Gasteiger partial charge is 0.346 e. The first-order valence-corrected chi connectivity index (χ1v) is 9.96. The van der Waals surface area contributed by atoms with Crippen LogP contribution >= 0.6 is 0 Å². The zero-order valence-corrected chi connectivity index (χ0v) is 15.7. The molecule has 3 heterocycles. The van der Waals surface area contributed by atoms with Gasteiger partial charge in [0.15, 0.2) is 0 Å². The maximum absolute atomic E-state index is 5.10. The second kappa shape index (κ2) is 5.39. The molecule has 1 aromatic heterocycles. The molecule has 0 saturated carbocycles. The van der Waals surface area contributed by atoms with E-state index >= 15 is 0 Å². The molecule has 4 heteroatoms. The topological polar surface area (TPSA) is 21.1 Å². The zero-order chi connectivity index (χ0) is 18.9. The van der Waals surface area contributed by atoms with Crippen LogP contribution in [0.15, 0.2) is 97.1 Å². The number of imidazole rings is 1. The van der Waals surface area contributed by atoms with Crippen molar-refractivity contribution in [3.63, 3.8) is 0 Å². The molecule has 0 saturated heterocycles. The van der Waals surface area contributed by atoms with Crippen molar-refractivity contribution in [2.45, 2.75) is 0 Å². The molecule has 0 bridgehead atoms. The predicted molar refractivity (Wildman–Crippen MR) is 120 cm³/mol. The van der Waals surface area contributed by atoms with Gasteiger partial charge in [0, 0.05) is 16.9 Å². The van der Waals surface area contributed by atoms with Gasteiger partial charge in [-0.3, -0.25) is 4.57 Å². The SMILES string of the molecule is c1ccc2c(c1)B1c3ccccc3-n3c(nc4ccccc43)N1c1ccccc1-2. The molecule has 5 aromatic rings. The second-order valence-corrected chi connectivity index (χ2v) is 7.67. The summed E-state index contributed by atoms with van der Waals surface area (Å²) >= 11 is 0. The van der Waals surface area contributed by atoms with Gasteiger partial charge in [0.2, 0.25) is 5.95 Å². The molecule has 0 N–H and O–H groups in total. The van der Waals surface area contributed by atoms with Crippen LogP contribution in [0.5, 0.6) is 0 Å². The third-order valence-electron chi connectivity index (χ3n) is 6.20. The summed E-state index contributed by atoms with van der Waals surface area (Å²) in [5.41, 5.74) is 9.80. The molecule has 0 unspecified atom stereocenters. The normalized spacial score (nSPS) is 13.4. The first-order chi connectivity index (χ1) is 14.4. The third kappa shape index (κ3) is 1.86. The highest BCUT2D eigenvalue weighted by Gasteiger charge is 2.43. The van der Waals surface area contributed by atoms with E-state index in [0.717, 1.165) is 17.0 Å². The van der Waals surface area contributed by atoms with Crippen LogP contribution in [0.25, 0.3) is 27.8 Å². The molecule has 0 aliphatic carbocycles. The highest BCUT2D eigenvalue weighted by Crippen LogP contribution is 2.42. The average molecular weight is 369 g/mol. The number of para-hydroxylation sites is 4. The predicted octanol–water partition coefficient (Wildman–Crippen LogP) is 4.26.